The van der Waals surface area contributed by atoms with Crippen LogP contribution in [0.3, 0.4) is 0 Å². The largest absolute Gasteiger partial charge is 0.479 e. The third-order valence-corrected chi connectivity index (χ3v) is 6.37. The quantitative estimate of drug-likeness (QED) is 0.586. The fourth-order valence-corrected chi connectivity index (χ4v) is 4.52. The van der Waals surface area contributed by atoms with Gasteiger partial charge in [0.25, 0.3) is 0 Å². The third-order valence-electron chi connectivity index (χ3n) is 6.37. The van der Waals surface area contributed by atoms with Crippen LogP contribution in [0.25, 0.3) is 11.1 Å². The Morgan fingerprint density at radius 3 is 2.34 bits per heavy atom. The Hall–Kier alpha value is -3.61. The number of carbonyl (C=O) groups excluding carboxylic acids is 1. The van der Waals surface area contributed by atoms with Crippen LogP contribution in [-0.2, 0) is 16.1 Å². The molecular weight excluding hydrogens is 406 g/mol. The Bertz CT molecular complexity index is 1140. The van der Waals surface area contributed by atoms with E-state index in [1.807, 2.05) is 41.0 Å². The molecule has 0 bridgehead atoms. The van der Waals surface area contributed by atoms with Crippen molar-refractivity contribution in [3.05, 3.63) is 77.9 Å². The summed E-state index contributed by atoms with van der Waals surface area (Å²) in [7, 11) is 0. The molecule has 7 heteroatoms. The summed E-state index contributed by atoms with van der Waals surface area (Å²) in [5, 5.41) is 12.4. The van der Waals surface area contributed by atoms with Gasteiger partial charge in [0.05, 0.1) is 6.54 Å². The minimum atomic E-state index is -1.52. The lowest BCUT2D eigenvalue weighted by atomic mass is 9.98. The van der Waals surface area contributed by atoms with Crippen LogP contribution >= 0.6 is 0 Å². The molecule has 1 amide bonds. The van der Waals surface area contributed by atoms with Crippen LogP contribution in [-0.4, -0.2) is 38.9 Å². The standard InChI is InChI=1S/C25H25N3O4/c1-25(23(29)30,15-28-13-12-26-22(28)16-10-11-16)27-24(31)32-14-21-19-8-4-2-6-17(19)18-7-3-5-9-20(18)21/h2-9,12-13,16,21H,10-11,14-15H2,1H3,(H,27,31)(H,29,30). The maximum absolute atomic E-state index is 12.7. The number of aliphatic carboxylic acids is 1. The highest BCUT2D eigenvalue weighted by atomic mass is 16.5. The van der Waals surface area contributed by atoms with Gasteiger partial charge in [0.2, 0.25) is 0 Å². The molecule has 32 heavy (non-hydrogen) atoms. The van der Waals surface area contributed by atoms with Crippen LogP contribution in [0.2, 0.25) is 0 Å². The molecule has 2 aromatic carbocycles. The van der Waals surface area contributed by atoms with E-state index in [0.717, 1.165) is 40.9 Å². The molecule has 1 atom stereocenters. The van der Waals surface area contributed by atoms with Crippen molar-refractivity contribution in [3.8, 4) is 11.1 Å². The second-order valence-electron chi connectivity index (χ2n) is 8.78. The smallest absolute Gasteiger partial charge is 0.408 e. The van der Waals surface area contributed by atoms with Crippen LogP contribution in [0.1, 0.15) is 48.6 Å². The number of fused-ring (bicyclic) bond motifs is 3. The van der Waals surface area contributed by atoms with Gasteiger partial charge in [-0.05, 0) is 42.0 Å². The summed E-state index contributed by atoms with van der Waals surface area (Å²) < 4.78 is 7.37. The van der Waals surface area contributed by atoms with Crippen LogP contribution in [0.5, 0.6) is 0 Å². The lowest BCUT2D eigenvalue weighted by molar-refractivity contribution is -0.144. The van der Waals surface area contributed by atoms with E-state index < -0.39 is 17.6 Å². The molecule has 1 saturated carbocycles. The number of hydrogen-bond donors (Lipinski definition) is 2. The summed E-state index contributed by atoms with van der Waals surface area (Å²) in [5.41, 5.74) is 2.97. The molecule has 0 spiro atoms. The van der Waals surface area contributed by atoms with Crippen molar-refractivity contribution in [1.29, 1.82) is 0 Å². The van der Waals surface area contributed by atoms with Gasteiger partial charge in [-0.25, -0.2) is 14.6 Å². The molecule has 5 rings (SSSR count). The van der Waals surface area contributed by atoms with Gasteiger partial charge < -0.3 is 19.7 Å². The van der Waals surface area contributed by atoms with Gasteiger partial charge in [-0.3, -0.25) is 0 Å². The molecule has 2 N–H and O–H groups in total. The van der Waals surface area contributed by atoms with Gasteiger partial charge >= 0.3 is 12.1 Å². The first-order chi connectivity index (χ1) is 15.5. The van der Waals surface area contributed by atoms with Crippen LogP contribution < -0.4 is 5.32 Å². The second-order valence-corrected chi connectivity index (χ2v) is 8.78. The lowest BCUT2D eigenvalue weighted by Crippen LogP contribution is -2.55. The average molecular weight is 431 g/mol. The van der Waals surface area contributed by atoms with Gasteiger partial charge in [-0.2, -0.15) is 0 Å². The van der Waals surface area contributed by atoms with Crippen molar-refractivity contribution in [2.24, 2.45) is 0 Å². The van der Waals surface area contributed by atoms with E-state index in [-0.39, 0.29) is 19.1 Å². The Morgan fingerprint density at radius 2 is 1.75 bits per heavy atom. The molecule has 3 aromatic rings. The van der Waals surface area contributed by atoms with E-state index in [1.165, 1.54) is 6.92 Å². The normalized spacial score (nSPS) is 16.7. The Balaban J connectivity index is 1.29. The first-order valence-corrected chi connectivity index (χ1v) is 10.8. The maximum Gasteiger partial charge on any atom is 0.408 e. The summed E-state index contributed by atoms with van der Waals surface area (Å²) in [6.07, 6.45) is 4.79. The van der Waals surface area contributed by atoms with E-state index in [1.54, 1.807) is 12.4 Å². The van der Waals surface area contributed by atoms with Crippen molar-refractivity contribution in [2.45, 2.75) is 43.7 Å². The minimum Gasteiger partial charge on any atom is -0.479 e. The highest BCUT2D eigenvalue weighted by molar-refractivity contribution is 5.84. The van der Waals surface area contributed by atoms with Crippen molar-refractivity contribution in [1.82, 2.24) is 14.9 Å². The number of imidazole rings is 1. The maximum atomic E-state index is 12.7. The Labute approximate surface area is 186 Å². The molecule has 2 aliphatic rings. The number of carbonyl (C=O) groups is 2. The molecule has 1 aromatic heterocycles. The van der Waals surface area contributed by atoms with Gasteiger partial charge in [0.15, 0.2) is 5.54 Å². The van der Waals surface area contributed by atoms with E-state index in [2.05, 4.69) is 22.4 Å². The van der Waals surface area contributed by atoms with E-state index in [4.69, 9.17) is 4.74 Å². The molecule has 1 unspecified atom stereocenters. The number of benzene rings is 2. The van der Waals surface area contributed by atoms with Gasteiger partial charge in [0, 0.05) is 24.2 Å². The first kappa shape index (κ1) is 20.3. The summed E-state index contributed by atoms with van der Waals surface area (Å²) in [6.45, 7) is 1.71. The molecule has 0 saturated heterocycles. The summed E-state index contributed by atoms with van der Waals surface area (Å²) in [4.78, 5) is 29.1. The molecule has 0 aliphatic heterocycles. The van der Waals surface area contributed by atoms with Crippen LogP contribution in [0.4, 0.5) is 4.79 Å². The van der Waals surface area contributed by atoms with Crippen LogP contribution in [0, 0.1) is 0 Å². The molecule has 7 nitrogen and oxygen atoms in total. The summed E-state index contributed by atoms with van der Waals surface area (Å²) in [5.74, 6) is 0.0325. The lowest BCUT2D eigenvalue weighted by Gasteiger charge is -2.27. The number of alkyl carbamates (subject to hydrolysis) is 1. The molecule has 2 aliphatic carbocycles. The average Bonchev–Trinajstić information content (AvgIpc) is 3.44. The topological polar surface area (TPSA) is 93.5 Å². The highest BCUT2D eigenvalue weighted by Gasteiger charge is 2.39. The Morgan fingerprint density at radius 1 is 1.12 bits per heavy atom. The van der Waals surface area contributed by atoms with E-state index in [9.17, 15) is 14.7 Å². The number of nitrogens with one attached hydrogen (secondary N) is 1. The molecule has 1 heterocycles. The number of amides is 1. The zero-order chi connectivity index (χ0) is 22.3. The van der Waals surface area contributed by atoms with Crippen molar-refractivity contribution >= 4 is 12.1 Å². The zero-order valence-electron chi connectivity index (χ0n) is 17.8. The van der Waals surface area contributed by atoms with Crippen molar-refractivity contribution in [3.63, 3.8) is 0 Å². The number of ether oxygens (including phenoxy) is 1. The number of rotatable bonds is 7. The molecule has 164 valence electrons. The number of hydrogen-bond acceptors (Lipinski definition) is 4. The summed E-state index contributed by atoms with van der Waals surface area (Å²) in [6, 6.07) is 16.2. The van der Waals surface area contributed by atoms with Gasteiger partial charge in [-0.15, -0.1) is 0 Å². The van der Waals surface area contributed by atoms with Crippen molar-refractivity contribution < 1.29 is 19.4 Å². The number of nitrogens with zero attached hydrogens (tertiary/aromatic N) is 2. The predicted octanol–water partition coefficient (Wildman–Crippen LogP) is 4.14. The first-order valence-electron chi connectivity index (χ1n) is 10.8. The molecule has 1 fully saturated rings. The Kier molecular flexibility index (Phi) is 4.96. The highest BCUT2D eigenvalue weighted by Crippen LogP contribution is 2.44. The van der Waals surface area contributed by atoms with E-state index >= 15 is 0 Å². The molecule has 0 radical (unpaired) electrons. The molecular formula is C25H25N3O4. The SMILES string of the molecule is CC(Cn1ccnc1C1CC1)(NC(=O)OCC1c2ccccc2-c2ccccc21)C(=O)O. The fraction of sp³-hybridized carbons (Fsp3) is 0.320. The zero-order valence-corrected chi connectivity index (χ0v) is 17.8. The van der Waals surface area contributed by atoms with E-state index in [0.29, 0.717) is 5.92 Å². The number of aromatic nitrogens is 2. The van der Waals surface area contributed by atoms with Gasteiger partial charge in [-0.1, -0.05) is 48.5 Å². The predicted molar refractivity (Wildman–Crippen MR) is 118 cm³/mol. The fourth-order valence-electron chi connectivity index (χ4n) is 4.52. The van der Waals surface area contributed by atoms with Crippen LogP contribution in [0.15, 0.2) is 60.9 Å². The number of carboxylic acid groups (broad SMARTS) is 1. The summed E-state index contributed by atoms with van der Waals surface area (Å²) >= 11 is 0. The third kappa shape index (κ3) is 3.64. The van der Waals surface area contributed by atoms with Gasteiger partial charge in [0.1, 0.15) is 12.4 Å². The number of carboxylic acids is 1. The second kappa shape index (κ2) is 7.82. The van der Waals surface area contributed by atoms with Crippen molar-refractivity contribution in [2.75, 3.05) is 6.61 Å². The minimum absolute atomic E-state index is 0.0817. The monoisotopic (exact) mass is 431 g/mol.